The van der Waals surface area contributed by atoms with Gasteiger partial charge in [0.25, 0.3) is 0 Å². The topological polar surface area (TPSA) is 258 Å². The molecule has 2 fully saturated rings. The molecule has 0 aromatic heterocycles. The number of ether oxygens (including phenoxy) is 5. The highest BCUT2D eigenvalue weighted by molar-refractivity contribution is 6.32. The lowest BCUT2D eigenvalue weighted by atomic mass is 9.75. The van der Waals surface area contributed by atoms with E-state index in [1.807, 2.05) is 75.2 Å². The van der Waals surface area contributed by atoms with E-state index in [9.17, 15) is 24.6 Å². The maximum Gasteiger partial charge on any atom is 0.410 e. The van der Waals surface area contributed by atoms with Gasteiger partial charge in [0.15, 0.2) is 12.1 Å². The van der Waals surface area contributed by atoms with Crippen molar-refractivity contribution in [2.75, 3.05) is 74.4 Å². The van der Waals surface area contributed by atoms with Gasteiger partial charge in [-0.25, -0.2) is 9.59 Å². The van der Waals surface area contributed by atoms with Crippen LogP contribution < -0.4 is 10.1 Å². The summed E-state index contributed by atoms with van der Waals surface area (Å²) in [6.45, 7) is 8.92. The summed E-state index contributed by atoms with van der Waals surface area (Å²) >= 11 is 0. The van der Waals surface area contributed by atoms with Gasteiger partial charge in [-0.05, 0) is 87.5 Å². The molecule has 2 amide bonds. The summed E-state index contributed by atoms with van der Waals surface area (Å²) in [7, 11) is 5.67. The van der Waals surface area contributed by atoms with Crippen LogP contribution >= 0.6 is 0 Å². The van der Waals surface area contributed by atoms with E-state index in [1.165, 1.54) is 16.9 Å². The molecule has 0 saturated carbocycles. The van der Waals surface area contributed by atoms with E-state index in [2.05, 4.69) is 5.32 Å². The summed E-state index contributed by atoms with van der Waals surface area (Å²) in [5.41, 5.74) is 3.56. The lowest BCUT2D eigenvalue weighted by Crippen LogP contribution is -2.40. The van der Waals surface area contributed by atoms with Gasteiger partial charge in [0.05, 0.1) is 49.3 Å². The Bertz CT molecular complexity index is 2350. The molecule has 0 spiro atoms. The Balaban J connectivity index is 0.000000514. The van der Waals surface area contributed by atoms with Gasteiger partial charge < -0.3 is 63.8 Å². The van der Waals surface area contributed by atoms with Gasteiger partial charge in [-0.3, -0.25) is 15.5 Å². The Hall–Kier alpha value is -6.41. The number of likely N-dealkylation sites (N-methyl/N-ethyl adjacent to an activating group) is 2. The molecule has 2 aliphatic heterocycles. The average Bonchev–Trinajstić information content (AvgIpc) is 3.40. The maximum absolute atomic E-state index is 13.6. The van der Waals surface area contributed by atoms with Crippen molar-refractivity contribution < 1.29 is 68.4 Å². The van der Waals surface area contributed by atoms with Crippen LogP contribution in [0.5, 0.6) is 17.2 Å². The van der Waals surface area contributed by atoms with Crippen LogP contribution in [0.25, 0.3) is 11.1 Å². The molecule has 0 bridgehead atoms. The number of aromatic hydroxyl groups is 2. The molecule has 2 saturated heterocycles. The highest BCUT2D eigenvalue weighted by atomic mass is 16.6. The van der Waals surface area contributed by atoms with E-state index in [0.717, 1.165) is 62.8 Å². The van der Waals surface area contributed by atoms with Crippen molar-refractivity contribution in [2.45, 2.75) is 76.9 Å². The second-order valence-electron chi connectivity index (χ2n) is 17.5. The first-order chi connectivity index (χ1) is 34.1. The van der Waals surface area contributed by atoms with Gasteiger partial charge in [0.1, 0.15) is 35.9 Å². The molecular formula is C53H70N4O14. The van der Waals surface area contributed by atoms with E-state index in [0.29, 0.717) is 54.7 Å². The number of nitrogens with zero attached hydrogens (tertiary/aromatic N) is 2. The Morgan fingerprint density at radius 2 is 1.48 bits per heavy atom. The molecule has 7 N–H and O–H groups in total. The van der Waals surface area contributed by atoms with Gasteiger partial charge in [0.2, 0.25) is 0 Å². The van der Waals surface area contributed by atoms with Crippen molar-refractivity contribution in [2.24, 2.45) is 5.92 Å². The SMILES string of the molecule is C=O.CO.COc1cccc2c1C(=N)c1c(O)c3c(c(O)c1C2=O)CC(CCOC(=O)N(C)CCN(C)C(=O)OC(C)(C)c1ccc(-c2ccccc2)cc1)CC3.OC1CCCCO1.OC1COCCN1. The van der Waals surface area contributed by atoms with Crippen molar-refractivity contribution in [3.63, 3.8) is 0 Å². The summed E-state index contributed by atoms with van der Waals surface area (Å²) in [6.07, 6.45) is 3.07. The van der Waals surface area contributed by atoms with Crippen LogP contribution in [0.4, 0.5) is 9.59 Å². The molecule has 4 aromatic carbocycles. The predicted molar refractivity (Wildman–Crippen MR) is 266 cm³/mol. The number of amides is 2. The number of phenolic OH excluding ortho intramolecular Hbond substituents is 2. The fourth-order valence-corrected chi connectivity index (χ4v) is 8.40. The second-order valence-corrected chi connectivity index (χ2v) is 17.5. The second kappa shape index (κ2) is 27.8. The zero-order valence-corrected chi connectivity index (χ0v) is 41.6. The van der Waals surface area contributed by atoms with Crippen LogP contribution in [-0.4, -0.2) is 153 Å². The highest BCUT2D eigenvalue weighted by Crippen LogP contribution is 2.47. The Labute approximate surface area is 415 Å². The molecule has 18 heteroatoms. The normalized spacial score (nSPS) is 17.7. The van der Waals surface area contributed by atoms with Gasteiger partial charge in [-0.15, -0.1) is 0 Å². The van der Waals surface area contributed by atoms with Crippen molar-refractivity contribution >= 4 is 30.5 Å². The van der Waals surface area contributed by atoms with E-state index < -0.39 is 36.1 Å². The zero-order chi connectivity index (χ0) is 52.3. The molecule has 8 rings (SSSR count). The molecule has 4 aromatic rings. The van der Waals surface area contributed by atoms with Gasteiger partial charge in [0, 0.05) is 64.1 Å². The monoisotopic (exact) mass is 986 g/mol. The number of phenols is 2. The summed E-state index contributed by atoms with van der Waals surface area (Å²) in [5, 5.41) is 58.7. The number of aliphatic hydroxyl groups is 3. The number of fused-ring (bicyclic) bond motifs is 3. The predicted octanol–water partition coefficient (Wildman–Crippen LogP) is 6.15. The van der Waals surface area contributed by atoms with Crippen LogP contribution in [0, 0.1) is 11.3 Å². The highest BCUT2D eigenvalue weighted by Gasteiger charge is 2.39. The molecular weight excluding hydrogens is 917 g/mol. The molecule has 2 heterocycles. The number of aliphatic hydroxyl groups excluding tert-OH is 3. The molecule has 386 valence electrons. The third-order valence-electron chi connectivity index (χ3n) is 12.4. The number of carbonyl (C=O) groups excluding carboxylic acids is 4. The van der Waals surface area contributed by atoms with Crippen LogP contribution in [0.3, 0.4) is 0 Å². The third-order valence-corrected chi connectivity index (χ3v) is 12.4. The molecule has 0 radical (unpaired) electrons. The van der Waals surface area contributed by atoms with Crippen molar-refractivity contribution in [3.05, 3.63) is 112 Å². The minimum Gasteiger partial charge on any atom is -0.507 e. The quantitative estimate of drug-likeness (QED) is 0.0774. The van der Waals surface area contributed by atoms with Crippen molar-refractivity contribution in [1.29, 1.82) is 5.41 Å². The minimum atomic E-state index is -0.877. The lowest BCUT2D eigenvalue weighted by molar-refractivity contribution is -0.123. The number of benzene rings is 4. The number of morpholine rings is 1. The van der Waals surface area contributed by atoms with Gasteiger partial charge >= 0.3 is 12.2 Å². The number of ketones is 1. The molecule has 3 atom stereocenters. The van der Waals surface area contributed by atoms with E-state index in [4.69, 9.17) is 49.2 Å². The molecule has 4 aliphatic rings. The minimum absolute atomic E-state index is 0.0216. The van der Waals surface area contributed by atoms with Crippen molar-refractivity contribution in [1.82, 2.24) is 15.1 Å². The van der Waals surface area contributed by atoms with E-state index in [1.54, 1.807) is 32.3 Å². The number of nitrogens with one attached hydrogen (secondary N) is 2. The average molecular weight is 987 g/mol. The summed E-state index contributed by atoms with van der Waals surface area (Å²) in [6, 6.07) is 22.8. The molecule has 18 nitrogen and oxygen atoms in total. The summed E-state index contributed by atoms with van der Waals surface area (Å²) in [4.78, 5) is 50.2. The van der Waals surface area contributed by atoms with E-state index >= 15 is 0 Å². The third kappa shape index (κ3) is 15.1. The fraction of sp³-hybridized carbons (Fsp3) is 0.453. The molecule has 3 unspecified atom stereocenters. The maximum atomic E-state index is 13.6. The zero-order valence-electron chi connectivity index (χ0n) is 41.6. The lowest BCUT2D eigenvalue weighted by Gasteiger charge is -2.31. The standard InChI is InChI=1S/C42H45N3O8.C5H10O2.C4H9NO2.CH4O.CH2O/c1-42(2,28-17-15-27(16-18-28)26-10-7-6-8-11-26)53-41(50)45(4)22-21-44(3)40(49)52-23-20-25-14-19-29-31(24-25)39(48)35-34(37(29)46)36(43)33-30(38(35)47)12-9-13-32(33)51-5;6-5-3-1-2-4-7-5;6-4-3-7-2-1-5-4;2*1-2/h6-13,15-18,25,43,46,48H,14,19-24H2,1-5H3;5-6H,1-4H2;4-6H,1-3H2;2H,1H3;1H2. The Morgan fingerprint density at radius 1 is 0.831 bits per heavy atom. The van der Waals surface area contributed by atoms with E-state index in [-0.39, 0.29) is 59.5 Å². The first-order valence-electron chi connectivity index (χ1n) is 23.5. The molecule has 2 aliphatic carbocycles. The van der Waals surface area contributed by atoms with Gasteiger partial charge in [-0.1, -0.05) is 66.7 Å². The largest absolute Gasteiger partial charge is 0.507 e. The van der Waals surface area contributed by atoms with Crippen LogP contribution in [0.1, 0.15) is 89.7 Å². The van der Waals surface area contributed by atoms with Crippen LogP contribution in [0.15, 0.2) is 72.8 Å². The smallest absolute Gasteiger partial charge is 0.410 e. The number of methoxy groups -OCH3 is 1. The Kier molecular flexibility index (Phi) is 22.4. The number of carbonyl (C=O) groups is 4. The van der Waals surface area contributed by atoms with Gasteiger partial charge in [-0.2, -0.15) is 0 Å². The Morgan fingerprint density at radius 3 is 2.04 bits per heavy atom. The summed E-state index contributed by atoms with van der Waals surface area (Å²) < 4.78 is 26.5. The number of hydrogen-bond donors (Lipinski definition) is 7. The first-order valence-corrected chi connectivity index (χ1v) is 23.5. The first kappa shape index (κ1) is 57.2. The summed E-state index contributed by atoms with van der Waals surface area (Å²) in [5.74, 6) is -0.489. The van der Waals surface area contributed by atoms with Crippen LogP contribution in [0.2, 0.25) is 0 Å². The number of hydrogen-bond acceptors (Lipinski definition) is 16. The molecule has 71 heavy (non-hydrogen) atoms. The fourth-order valence-electron chi connectivity index (χ4n) is 8.40. The number of rotatable bonds is 10. The van der Waals surface area contributed by atoms with Crippen molar-refractivity contribution in [3.8, 4) is 28.4 Å². The van der Waals surface area contributed by atoms with Crippen LogP contribution in [-0.2, 0) is 42.2 Å².